The molecule has 3 heterocycles. The van der Waals surface area contributed by atoms with E-state index in [0.717, 1.165) is 45.0 Å². The van der Waals surface area contributed by atoms with E-state index < -0.39 is 0 Å². The van der Waals surface area contributed by atoms with Crippen LogP contribution in [0.25, 0.3) is 0 Å². The monoisotopic (exact) mass is 292 g/mol. The number of nitrogens with one attached hydrogen (secondary N) is 1. The highest BCUT2D eigenvalue weighted by molar-refractivity contribution is 5.45. The number of likely N-dealkylation sites (N-methyl/N-ethyl adjacent to an activating group) is 1. The van der Waals surface area contributed by atoms with Crippen LogP contribution in [-0.2, 0) is 4.74 Å². The molecule has 1 unspecified atom stereocenters. The first-order chi connectivity index (χ1) is 10.3. The molecule has 2 aliphatic heterocycles. The Bertz CT molecular complexity index is 471. The zero-order chi connectivity index (χ0) is 14.7. The Hall–Kier alpha value is -1.63. The Kier molecular flexibility index (Phi) is 4.38. The molecule has 0 aromatic carbocycles. The van der Waals surface area contributed by atoms with Gasteiger partial charge in [0.2, 0.25) is 17.8 Å². The van der Waals surface area contributed by atoms with Gasteiger partial charge in [-0.15, -0.1) is 0 Å². The van der Waals surface area contributed by atoms with Gasteiger partial charge >= 0.3 is 0 Å². The number of hydrogen-bond acceptors (Lipinski definition) is 7. The van der Waals surface area contributed by atoms with Crippen molar-refractivity contribution in [3.05, 3.63) is 0 Å². The van der Waals surface area contributed by atoms with Crippen molar-refractivity contribution in [2.75, 3.05) is 55.5 Å². The fourth-order valence-electron chi connectivity index (χ4n) is 2.87. The van der Waals surface area contributed by atoms with Crippen LogP contribution in [0.4, 0.5) is 17.8 Å². The number of anilines is 3. The molecular formula is C14H24N6O. The van der Waals surface area contributed by atoms with Gasteiger partial charge in [0, 0.05) is 40.3 Å². The minimum Gasteiger partial charge on any atom is -0.376 e. The summed E-state index contributed by atoms with van der Waals surface area (Å²) in [6, 6.07) is 0. The Morgan fingerprint density at radius 1 is 1.24 bits per heavy atom. The van der Waals surface area contributed by atoms with Crippen LogP contribution in [0.3, 0.4) is 0 Å². The first kappa shape index (κ1) is 14.3. The molecule has 21 heavy (non-hydrogen) atoms. The molecule has 1 N–H and O–H groups in total. The molecule has 3 rings (SSSR count). The van der Waals surface area contributed by atoms with Crippen molar-refractivity contribution < 1.29 is 4.74 Å². The van der Waals surface area contributed by atoms with Crippen molar-refractivity contribution >= 4 is 17.8 Å². The Labute approximate surface area is 125 Å². The fourth-order valence-corrected chi connectivity index (χ4v) is 2.87. The molecule has 7 nitrogen and oxygen atoms in total. The van der Waals surface area contributed by atoms with Crippen molar-refractivity contribution in [1.29, 1.82) is 0 Å². The molecule has 0 spiro atoms. The summed E-state index contributed by atoms with van der Waals surface area (Å²) in [7, 11) is 3.86. The second kappa shape index (κ2) is 6.43. The Balaban J connectivity index is 1.77. The maximum atomic E-state index is 5.69. The third-order valence-electron chi connectivity index (χ3n) is 4.07. The number of aromatic nitrogens is 3. The normalized spacial score (nSPS) is 21.8. The predicted molar refractivity (Wildman–Crippen MR) is 83.1 cm³/mol. The zero-order valence-corrected chi connectivity index (χ0v) is 12.9. The highest BCUT2D eigenvalue weighted by Gasteiger charge is 2.21. The molecule has 1 aromatic rings. The maximum Gasteiger partial charge on any atom is 0.231 e. The van der Waals surface area contributed by atoms with Crippen molar-refractivity contribution in [2.24, 2.45) is 0 Å². The number of rotatable bonds is 5. The molecule has 2 aliphatic rings. The van der Waals surface area contributed by atoms with E-state index in [-0.39, 0.29) is 0 Å². The van der Waals surface area contributed by atoms with Gasteiger partial charge in [-0.1, -0.05) is 0 Å². The molecule has 2 fully saturated rings. The van der Waals surface area contributed by atoms with E-state index in [1.807, 2.05) is 14.1 Å². The fraction of sp³-hybridized carbons (Fsp3) is 0.786. The van der Waals surface area contributed by atoms with Gasteiger partial charge in [-0.2, -0.15) is 15.0 Å². The van der Waals surface area contributed by atoms with Gasteiger partial charge in [0.25, 0.3) is 0 Å². The summed E-state index contributed by atoms with van der Waals surface area (Å²) in [6.07, 6.45) is 4.98. The van der Waals surface area contributed by atoms with E-state index in [4.69, 9.17) is 4.74 Å². The van der Waals surface area contributed by atoms with Crippen LogP contribution >= 0.6 is 0 Å². The third-order valence-corrected chi connectivity index (χ3v) is 4.07. The standard InChI is InChI=1S/C14H24N6O/c1-15-12-16-13(19(2)10-11-6-5-9-21-11)18-14(17-12)20-7-3-4-8-20/h11H,3-10H2,1-2H3,(H,15,16,17,18). The maximum absolute atomic E-state index is 5.69. The highest BCUT2D eigenvalue weighted by atomic mass is 16.5. The molecule has 0 radical (unpaired) electrons. The molecule has 0 saturated carbocycles. The molecule has 0 amide bonds. The quantitative estimate of drug-likeness (QED) is 0.872. The molecule has 0 bridgehead atoms. The molecule has 2 saturated heterocycles. The molecule has 1 atom stereocenters. The van der Waals surface area contributed by atoms with Crippen LogP contribution in [0.2, 0.25) is 0 Å². The summed E-state index contributed by atoms with van der Waals surface area (Å²) in [4.78, 5) is 17.9. The van der Waals surface area contributed by atoms with Gasteiger partial charge in [0.15, 0.2) is 0 Å². The number of hydrogen-bond donors (Lipinski definition) is 1. The van der Waals surface area contributed by atoms with Crippen molar-refractivity contribution in [3.8, 4) is 0 Å². The lowest BCUT2D eigenvalue weighted by molar-refractivity contribution is 0.116. The summed E-state index contributed by atoms with van der Waals surface area (Å²) in [5.41, 5.74) is 0. The summed E-state index contributed by atoms with van der Waals surface area (Å²) in [5, 5.41) is 3.03. The van der Waals surface area contributed by atoms with Gasteiger partial charge in [-0.3, -0.25) is 0 Å². The second-order valence-electron chi connectivity index (χ2n) is 5.72. The Morgan fingerprint density at radius 2 is 2.05 bits per heavy atom. The van der Waals surface area contributed by atoms with Crippen LogP contribution in [0, 0.1) is 0 Å². The van der Waals surface area contributed by atoms with E-state index in [1.54, 1.807) is 0 Å². The first-order valence-electron chi connectivity index (χ1n) is 7.78. The van der Waals surface area contributed by atoms with Crippen molar-refractivity contribution in [1.82, 2.24) is 15.0 Å². The molecule has 1 aromatic heterocycles. The second-order valence-corrected chi connectivity index (χ2v) is 5.72. The van der Waals surface area contributed by atoms with Gasteiger partial charge in [0.05, 0.1) is 6.10 Å². The topological polar surface area (TPSA) is 66.4 Å². The lowest BCUT2D eigenvalue weighted by Gasteiger charge is -2.23. The molecule has 0 aliphatic carbocycles. The third kappa shape index (κ3) is 3.34. The SMILES string of the molecule is CNc1nc(N(C)CC2CCCO2)nc(N2CCCC2)n1. The van der Waals surface area contributed by atoms with Crippen molar-refractivity contribution in [2.45, 2.75) is 31.8 Å². The smallest absolute Gasteiger partial charge is 0.231 e. The summed E-state index contributed by atoms with van der Waals surface area (Å²) in [5.74, 6) is 2.12. The summed E-state index contributed by atoms with van der Waals surface area (Å²) < 4.78 is 5.69. The Morgan fingerprint density at radius 3 is 2.71 bits per heavy atom. The van der Waals surface area contributed by atoms with Crippen LogP contribution < -0.4 is 15.1 Å². The first-order valence-corrected chi connectivity index (χ1v) is 7.78. The number of nitrogens with zero attached hydrogens (tertiary/aromatic N) is 5. The predicted octanol–water partition coefficient (Wildman–Crippen LogP) is 1.13. The van der Waals surface area contributed by atoms with Crippen LogP contribution in [0.15, 0.2) is 0 Å². The summed E-state index contributed by atoms with van der Waals surface area (Å²) in [6.45, 7) is 3.76. The molecule has 7 heteroatoms. The van der Waals surface area contributed by atoms with Gasteiger partial charge in [-0.25, -0.2) is 0 Å². The number of ether oxygens (including phenoxy) is 1. The average Bonchev–Trinajstić information content (AvgIpc) is 3.20. The van der Waals surface area contributed by atoms with Gasteiger partial charge in [0.1, 0.15) is 0 Å². The highest BCUT2D eigenvalue weighted by Crippen LogP contribution is 2.21. The molecular weight excluding hydrogens is 268 g/mol. The van der Waals surface area contributed by atoms with E-state index in [1.165, 1.54) is 12.8 Å². The zero-order valence-electron chi connectivity index (χ0n) is 12.9. The van der Waals surface area contributed by atoms with Crippen molar-refractivity contribution in [3.63, 3.8) is 0 Å². The minimum atomic E-state index is 0.292. The van der Waals surface area contributed by atoms with Gasteiger partial charge < -0.3 is 19.9 Å². The largest absolute Gasteiger partial charge is 0.376 e. The summed E-state index contributed by atoms with van der Waals surface area (Å²) >= 11 is 0. The van der Waals surface area contributed by atoms with Crippen LogP contribution in [0.5, 0.6) is 0 Å². The van der Waals surface area contributed by atoms with Crippen LogP contribution in [-0.4, -0.2) is 61.4 Å². The van der Waals surface area contributed by atoms with E-state index in [0.29, 0.717) is 18.0 Å². The van der Waals surface area contributed by atoms with Gasteiger partial charge in [-0.05, 0) is 25.7 Å². The van der Waals surface area contributed by atoms with E-state index in [2.05, 4.69) is 30.1 Å². The van der Waals surface area contributed by atoms with Crippen LogP contribution in [0.1, 0.15) is 25.7 Å². The average molecular weight is 292 g/mol. The lowest BCUT2D eigenvalue weighted by Crippen LogP contribution is -2.31. The van der Waals surface area contributed by atoms with E-state index in [9.17, 15) is 0 Å². The van der Waals surface area contributed by atoms with E-state index >= 15 is 0 Å². The lowest BCUT2D eigenvalue weighted by atomic mass is 10.2. The molecule has 116 valence electrons. The minimum absolute atomic E-state index is 0.292.